The second-order valence-electron chi connectivity index (χ2n) is 19.4. The molecule has 4 aliphatic heterocycles. The van der Waals surface area contributed by atoms with Crippen molar-refractivity contribution in [3.63, 3.8) is 0 Å². The summed E-state index contributed by atoms with van der Waals surface area (Å²) in [6.07, 6.45) is 19.1. The van der Waals surface area contributed by atoms with E-state index in [9.17, 15) is 9.59 Å². The van der Waals surface area contributed by atoms with Crippen LogP contribution in [0.2, 0.25) is 0 Å². The SMILES string of the molecule is C#CCNCC(C)C(C)OCCC(C)(C)Oc1ccc(C2=CN3C(=O)c4cc(OC)c(OCCCOc5cc6c(cc5OC)C(=O)N5C=C(c7ccc(OC)cc7)CC5C=N6)cc4CCC(C)=CC3C2)cn1. The lowest BCUT2D eigenvalue weighted by Gasteiger charge is -2.27. The van der Waals surface area contributed by atoms with E-state index in [4.69, 9.17) is 44.6 Å². The first-order valence-corrected chi connectivity index (χ1v) is 24.8. The smallest absolute Gasteiger partial charge is 0.260 e. The highest BCUT2D eigenvalue weighted by molar-refractivity contribution is 6.05. The minimum Gasteiger partial charge on any atom is -0.497 e. The van der Waals surface area contributed by atoms with Crippen molar-refractivity contribution in [3.05, 3.63) is 119 Å². The van der Waals surface area contributed by atoms with Crippen LogP contribution in [0.4, 0.5) is 5.69 Å². The summed E-state index contributed by atoms with van der Waals surface area (Å²) in [7, 11) is 4.77. The minimum atomic E-state index is -0.495. The molecule has 3 aromatic carbocycles. The van der Waals surface area contributed by atoms with Gasteiger partial charge >= 0.3 is 0 Å². The predicted octanol–water partition coefficient (Wildman–Crippen LogP) is 9.89. The highest BCUT2D eigenvalue weighted by atomic mass is 16.5. The first kappa shape index (κ1) is 51.3. The Kier molecular flexibility index (Phi) is 16.4. The van der Waals surface area contributed by atoms with Gasteiger partial charge in [0.15, 0.2) is 23.0 Å². The average Bonchev–Trinajstić information content (AvgIpc) is 3.99. The van der Waals surface area contributed by atoms with Crippen LogP contribution in [0.3, 0.4) is 0 Å². The van der Waals surface area contributed by atoms with Gasteiger partial charge in [-0.15, -0.1) is 6.42 Å². The van der Waals surface area contributed by atoms with Crippen molar-refractivity contribution in [1.82, 2.24) is 20.1 Å². The third-order valence-corrected chi connectivity index (χ3v) is 13.7. The zero-order valence-corrected chi connectivity index (χ0v) is 42.8. The van der Waals surface area contributed by atoms with Crippen LogP contribution in [0.5, 0.6) is 34.6 Å². The molecule has 1 aromatic heterocycles. The van der Waals surface area contributed by atoms with Crippen molar-refractivity contribution in [3.8, 4) is 47.0 Å². The maximum atomic E-state index is 14.5. The summed E-state index contributed by atoms with van der Waals surface area (Å²) in [4.78, 5) is 41.4. The number of rotatable bonds is 21. The molecule has 4 aliphatic rings. The summed E-state index contributed by atoms with van der Waals surface area (Å²) < 4.78 is 41.8. The number of fused-ring (bicyclic) bond motifs is 4. The molecule has 0 fully saturated rings. The Morgan fingerprint density at radius 2 is 1.44 bits per heavy atom. The maximum absolute atomic E-state index is 14.5. The summed E-state index contributed by atoms with van der Waals surface area (Å²) in [5, 5.41) is 3.24. The van der Waals surface area contributed by atoms with Crippen LogP contribution in [-0.2, 0) is 11.2 Å². The number of aromatic nitrogens is 1. The van der Waals surface area contributed by atoms with Crippen LogP contribution < -0.4 is 33.7 Å². The number of nitrogens with zero attached hydrogens (tertiary/aromatic N) is 4. The number of benzene rings is 3. The van der Waals surface area contributed by atoms with Gasteiger partial charge in [0.25, 0.3) is 11.8 Å². The number of carbonyl (C=O) groups excluding carboxylic acids is 2. The molecule has 14 nitrogen and oxygen atoms in total. The lowest BCUT2D eigenvalue weighted by molar-refractivity contribution is -0.00503. The number of methoxy groups -OCH3 is 3. The van der Waals surface area contributed by atoms with Crippen molar-refractivity contribution >= 4 is 34.9 Å². The Morgan fingerprint density at radius 3 is 2.12 bits per heavy atom. The molecular weight excluding hydrogens is 911 g/mol. The van der Waals surface area contributed by atoms with Crippen LogP contribution in [0, 0.1) is 18.3 Å². The Balaban J connectivity index is 0.874. The van der Waals surface area contributed by atoms with Crippen LogP contribution in [0.25, 0.3) is 11.1 Å². The van der Waals surface area contributed by atoms with Gasteiger partial charge in [0, 0.05) is 68.3 Å². The zero-order valence-electron chi connectivity index (χ0n) is 42.8. The second-order valence-corrected chi connectivity index (χ2v) is 19.4. The molecular formula is C58H67N5O9. The normalized spacial score (nSPS) is 18.1. The summed E-state index contributed by atoms with van der Waals surface area (Å²) in [5.74, 6) is 5.91. The summed E-state index contributed by atoms with van der Waals surface area (Å²) in [6.45, 7) is 13.0. The highest BCUT2D eigenvalue weighted by Crippen LogP contribution is 2.41. The van der Waals surface area contributed by atoms with Gasteiger partial charge in [-0.25, -0.2) is 4.98 Å². The van der Waals surface area contributed by atoms with Crippen molar-refractivity contribution in [2.24, 2.45) is 10.9 Å². The van der Waals surface area contributed by atoms with Crippen LogP contribution in [-0.4, -0.2) is 111 Å². The number of amides is 2. The molecule has 14 heteroatoms. The van der Waals surface area contributed by atoms with Gasteiger partial charge in [0.05, 0.1) is 77.1 Å². The number of ether oxygens (including phenoxy) is 7. The Hall–Kier alpha value is -7.08. The van der Waals surface area contributed by atoms with E-state index in [1.165, 1.54) is 5.57 Å². The van der Waals surface area contributed by atoms with Crippen LogP contribution in [0.1, 0.15) is 104 Å². The molecule has 0 spiro atoms. The summed E-state index contributed by atoms with van der Waals surface area (Å²) in [5.41, 5.74) is 7.15. The van der Waals surface area contributed by atoms with Gasteiger partial charge < -0.3 is 48.3 Å². The number of aliphatic imine (C=N–C) groups is 1. The summed E-state index contributed by atoms with van der Waals surface area (Å²) in [6, 6.07) is 18.6. The lowest BCUT2D eigenvalue weighted by Crippen LogP contribution is -2.33. The van der Waals surface area contributed by atoms with E-state index in [1.54, 1.807) is 44.4 Å². The van der Waals surface area contributed by atoms with Gasteiger partial charge in [-0.2, -0.15) is 0 Å². The monoisotopic (exact) mass is 977 g/mol. The Labute approximate surface area is 424 Å². The molecule has 4 aromatic rings. The average molecular weight is 978 g/mol. The van der Waals surface area contributed by atoms with E-state index in [2.05, 4.69) is 43.1 Å². The number of aryl methyl sites for hydroxylation is 1. The van der Waals surface area contributed by atoms with Gasteiger partial charge in [-0.3, -0.25) is 14.6 Å². The second kappa shape index (κ2) is 23.0. The zero-order chi connectivity index (χ0) is 50.9. The number of allylic oxidation sites excluding steroid dienone is 1. The fraction of sp³-hybridized carbons (Fsp3) is 0.414. The Bertz CT molecular complexity index is 2770. The van der Waals surface area contributed by atoms with Gasteiger partial charge in [0.2, 0.25) is 5.88 Å². The van der Waals surface area contributed by atoms with Crippen molar-refractivity contribution in [2.45, 2.75) is 96.9 Å². The largest absolute Gasteiger partial charge is 0.497 e. The fourth-order valence-corrected chi connectivity index (χ4v) is 9.30. The molecule has 72 heavy (non-hydrogen) atoms. The molecule has 4 atom stereocenters. The number of carbonyl (C=O) groups is 2. The van der Waals surface area contributed by atoms with Crippen molar-refractivity contribution in [1.29, 1.82) is 0 Å². The topological polar surface area (TPSA) is 143 Å². The van der Waals surface area contributed by atoms with E-state index in [0.29, 0.717) is 110 Å². The van der Waals surface area contributed by atoms with Crippen molar-refractivity contribution in [2.75, 3.05) is 54.2 Å². The quantitative estimate of drug-likeness (QED) is 0.0485. The number of pyridine rings is 1. The highest BCUT2D eigenvalue weighted by Gasteiger charge is 2.35. The standard InChI is InChI=1S/C58H67N5O9/c1-10-21-59-32-38(3)39(4)69-24-20-58(5,6)72-55-19-16-42(33-61-55)44-26-45-25-37(2)12-13-41-28-53(51(67-8)29-48(41)56(64)62(45)36-44)70-22-11-23-71-54-31-50-49(30-52(54)68-9)57(65)63-35-43(27-46(63)34-60-50)40-14-17-47(66-7)18-15-40/h1,14-19,25,28-31,33-36,38-39,45-46,59H,11-13,20-24,26-27,32H2,2-9H3. The molecule has 2 amide bonds. The first-order chi connectivity index (χ1) is 34.8. The van der Waals surface area contributed by atoms with Crippen molar-refractivity contribution < 1.29 is 42.7 Å². The molecule has 0 radical (unpaired) electrons. The first-order valence-electron chi connectivity index (χ1n) is 24.8. The molecule has 8 rings (SSSR count). The number of hydrogen-bond acceptors (Lipinski definition) is 12. The molecule has 4 unspecified atom stereocenters. The minimum absolute atomic E-state index is 0.0766. The molecule has 0 aliphatic carbocycles. The predicted molar refractivity (Wildman–Crippen MR) is 280 cm³/mol. The van der Waals surface area contributed by atoms with Crippen LogP contribution >= 0.6 is 0 Å². The third kappa shape index (κ3) is 12.0. The third-order valence-electron chi connectivity index (χ3n) is 13.7. The molecule has 5 heterocycles. The van der Waals surface area contributed by atoms with E-state index < -0.39 is 5.60 Å². The summed E-state index contributed by atoms with van der Waals surface area (Å²) >= 11 is 0. The molecule has 378 valence electrons. The number of hydrogen-bond donors (Lipinski definition) is 1. The molecule has 0 saturated carbocycles. The number of terminal acetylenes is 1. The van der Waals surface area contributed by atoms with E-state index >= 15 is 0 Å². The van der Waals surface area contributed by atoms with E-state index in [0.717, 1.165) is 46.6 Å². The van der Waals surface area contributed by atoms with Crippen LogP contribution in [0.15, 0.2) is 95.9 Å². The lowest BCUT2D eigenvalue weighted by atomic mass is 9.98. The number of nitrogens with one attached hydrogen (secondary N) is 1. The maximum Gasteiger partial charge on any atom is 0.260 e. The molecule has 0 saturated heterocycles. The van der Waals surface area contributed by atoms with E-state index in [-0.39, 0.29) is 30.0 Å². The fourth-order valence-electron chi connectivity index (χ4n) is 9.30. The van der Waals surface area contributed by atoms with E-state index in [1.807, 2.05) is 86.0 Å². The van der Waals surface area contributed by atoms with Gasteiger partial charge in [0.1, 0.15) is 11.4 Å². The van der Waals surface area contributed by atoms with Gasteiger partial charge in [-0.1, -0.05) is 36.6 Å². The molecule has 0 bridgehead atoms. The molecule has 1 N–H and O–H groups in total. The van der Waals surface area contributed by atoms with Gasteiger partial charge in [-0.05, 0) is 117 Å². The Morgan fingerprint density at radius 1 is 0.792 bits per heavy atom.